The summed E-state index contributed by atoms with van der Waals surface area (Å²) in [4.78, 5) is 25.2. The van der Waals surface area contributed by atoms with E-state index >= 15 is 0 Å². The van der Waals surface area contributed by atoms with Gasteiger partial charge in [0.2, 0.25) is 0 Å². The average molecular weight is 805 g/mol. The van der Waals surface area contributed by atoms with Crippen molar-refractivity contribution in [2.24, 2.45) is 0 Å². The Kier molecular flexibility index (Phi) is 13.0. The molecule has 2 saturated heterocycles. The molecule has 3 aromatic rings. The predicted octanol–water partition coefficient (Wildman–Crippen LogP) is 8.22. The molecule has 1 N–H and O–H groups in total. The number of methoxy groups -OCH3 is 2. The molecular weight excluding hydrogens is 762 g/mol. The van der Waals surface area contributed by atoms with E-state index in [1.54, 1.807) is 38.7 Å². The molecule has 302 valence electrons. The lowest BCUT2D eigenvalue weighted by Crippen LogP contribution is -2.50. The molecule has 0 radical (unpaired) electrons. The second-order valence-electron chi connectivity index (χ2n) is 14.1. The minimum Gasteiger partial charge on any atom is -0.496 e. The molecule has 2 amide bonds. The lowest BCUT2D eigenvalue weighted by molar-refractivity contribution is -0.196. The summed E-state index contributed by atoms with van der Waals surface area (Å²) in [5.41, 5.74) is 1.24. The number of carbonyl (C=O) groups excluding carboxylic acids is 1. The van der Waals surface area contributed by atoms with Crippen LogP contribution in [0.4, 0.5) is 35.9 Å². The minimum absolute atomic E-state index is 0.0346. The zero-order valence-corrected chi connectivity index (χ0v) is 31.6. The van der Waals surface area contributed by atoms with E-state index < -0.39 is 52.3 Å². The second-order valence-corrected chi connectivity index (χ2v) is 15.7. The molecule has 0 spiro atoms. The minimum atomic E-state index is -5.01. The molecule has 2 heterocycles. The van der Waals surface area contributed by atoms with Gasteiger partial charge in [-0.2, -0.15) is 34.8 Å². The molecule has 2 fully saturated rings. The third-order valence-electron chi connectivity index (χ3n) is 8.66. The maximum atomic E-state index is 13.7. The van der Waals surface area contributed by atoms with Gasteiger partial charge in [0.25, 0.3) is 10.1 Å². The normalized spacial score (nSPS) is 15.9. The summed E-state index contributed by atoms with van der Waals surface area (Å²) in [6.45, 7) is 8.40. The number of ether oxygens (including phenoxy) is 3. The monoisotopic (exact) mass is 804 g/mol. The summed E-state index contributed by atoms with van der Waals surface area (Å²) in [7, 11) is -2.00. The van der Waals surface area contributed by atoms with Gasteiger partial charge in [-0.05, 0) is 63.1 Å². The van der Waals surface area contributed by atoms with Crippen LogP contribution in [0.15, 0.2) is 65.6 Å². The summed E-state index contributed by atoms with van der Waals surface area (Å²) in [6.07, 6.45) is -14.5. The Balaban J connectivity index is 0.000000253. The molecule has 3 aromatic carbocycles. The number of amides is 2. The Morgan fingerprint density at radius 2 is 1.31 bits per heavy atom. The predicted molar refractivity (Wildman–Crippen MR) is 187 cm³/mol. The molecule has 1 atom stereocenters. The number of rotatable bonds is 9. The van der Waals surface area contributed by atoms with Crippen molar-refractivity contribution in [3.63, 3.8) is 0 Å². The van der Waals surface area contributed by atoms with Gasteiger partial charge in [-0.3, -0.25) is 0 Å². The molecule has 55 heavy (non-hydrogen) atoms. The first-order valence-electron chi connectivity index (χ1n) is 16.8. The van der Waals surface area contributed by atoms with Crippen molar-refractivity contribution in [2.75, 3.05) is 40.4 Å². The van der Waals surface area contributed by atoms with Gasteiger partial charge >= 0.3 is 24.5 Å². The van der Waals surface area contributed by atoms with Crippen molar-refractivity contribution >= 4 is 22.3 Å². The Labute approximate surface area is 314 Å². The molecule has 5 rings (SSSR count). The van der Waals surface area contributed by atoms with Crippen molar-refractivity contribution in [1.29, 1.82) is 0 Å². The van der Waals surface area contributed by atoms with E-state index in [0.29, 0.717) is 24.4 Å². The van der Waals surface area contributed by atoms with Crippen LogP contribution in [0, 0.1) is 6.92 Å². The topological polar surface area (TPSA) is 132 Å². The van der Waals surface area contributed by atoms with Crippen molar-refractivity contribution in [3.8, 4) is 11.5 Å². The summed E-state index contributed by atoms with van der Waals surface area (Å²) in [6, 6.07) is 13.3. The first-order chi connectivity index (χ1) is 25.4. The van der Waals surface area contributed by atoms with Gasteiger partial charge in [-0.1, -0.05) is 42.0 Å². The Hall–Kier alpha value is -4.71. The van der Waals surface area contributed by atoms with Crippen LogP contribution < -0.4 is 9.47 Å². The third kappa shape index (κ3) is 11.4. The molecule has 2 aliphatic rings. The fraction of sp³-hybridized carbons (Fsp3) is 0.459. The molecule has 2 aliphatic heterocycles. The highest BCUT2D eigenvalue weighted by molar-refractivity contribution is 7.86. The van der Waals surface area contributed by atoms with Crippen LogP contribution >= 0.6 is 0 Å². The van der Waals surface area contributed by atoms with Crippen LogP contribution in [0.25, 0.3) is 0 Å². The Morgan fingerprint density at radius 3 is 1.78 bits per heavy atom. The number of likely N-dealkylation sites (tertiary alicyclic amines) is 2. The highest BCUT2D eigenvalue weighted by Crippen LogP contribution is 2.42. The van der Waals surface area contributed by atoms with Gasteiger partial charge in [-0.15, -0.1) is 0 Å². The first kappa shape index (κ1) is 43.0. The summed E-state index contributed by atoms with van der Waals surface area (Å²) in [5, 5.41) is 8.94. The van der Waals surface area contributed by atoms with E-state index in [1.165, 1.54) is 56.7 Å². The van der Waals surface area contributed by atoms with E-state index in [4.69, 9.17) is 19.3 Å². The van der Waals surface area contributed by atoms with Crippen molar-refractivity contribution in [3.05, 3.63) is 88.5 Å². The zero-order valence-electron chi connectivity index (χ0n) is 30.8. The van der Waals surface area contributed by atoms with E-state index in [9.17, 15) is 44.3 Å². The molecule has 18 heteroatoms. The Bertz CT molecular complexity index is 1940. The van der Waals surface area contributed by atoms with Gasteiger partial charge in [0.1, 0.15) is 17.1 Å². The lowest BCUT2D eigenvalue weighted by atomic mass is 9.90. The van der Waals surface area contributed by atoms with Crippen LogP contribution in [0.3, 0.4) is 0 Å². The number of hydrogen-bond acceptors (Lipinski definition) is 8. The van der Waals surface area contributed by atoms with E-state index in [1.807, 2.05) is 0 Å². The van der Waals surface area contributed by atoms with Crippen molar-refractivity contribution in [2.45, 2.75) is 74.9 Å². The summed E-state index contributed by atoms with van der Waals surface area (Å²) in [5.74, 6) is 0.317. The fourth-order valence-corrected chi connectivity index (χ4v) is 6.88. The van der Waals surface area contributed by atoms with Crippen molar-refractivity contribution in [1.82, 2.24) is 9.80 Å². The van der Waals surface area contributed by atoms with E-state index in [2.05, 4.69) is 4.18 Å². The average Bonchev–Trinajstić information content (AvgIpc) is 3.01. The maximum absolute atomic E-state index is 13.7. The number of alkyl halides is 6. The highest BCUT2D eigenvalue weighted by Gasteiger charge is 2.46. The van der Waals surface area contributed by atoms with Gasteiger partial charge < -0.3 is 29.1 Å². The van der Waals surface area contributed by atoms with Gasteiger partial charge in [-0.25, -0.2) is 13.8 Å². The number of hydrogen-bond donors (Lipinski definition) is 1. The number of benzene rings is 3. The number of aryl methyl sites for hydroxylation is 1. The van der Waals surface area contributed by atoms with Crippen LogP contribution in [0.2, 0.25) is 0 Å². The first-order valence-corrected chi connectivity index (χ1v) is 18.3. The molecule has 0 saturated carbocycles. The SMILES string of the molecule is COc1cc(C(OS(=O)(=O)c2ccc(C)cc2)C(F)(F)F)ccc1C1CN(C(=O)O)C1.COc1cc(CC(F)(F)F)ccc1C1CN(C(=O)OC(C)(C)C)C1. The van der Waals surface area contributed by atoms with Crippen LogP contribution in [0.5, 0.6) is 11.5 Å². The fourth-order valence-electron chi connectivity index (χ4n) is 5.83. The highest BCUT2D eigenvalue weighted by atomic mass is 32.2. The quantitative estimate of drug-likeness (QED) is 0.168. The summed E-state index contributed by atoms with van der Waals surface area (Å²) >= 11 is 0. The summed E-state index contributed by atoms with van der Waals surface area (Å²) < 4.78 is 124. The molecule has 11 nitrogen and oxygen atoms in total. The van der Waals surface area contributed by atoms with E-state index in [-0.39, 0.29) is 47.2 Å². The third-order valence-corrected chi connectivity index (χ3v) is 9.95. The molecule has 0 bridgehead atoms. The zero-order chi connectivity index (χ0) is 41.1. The van der Waals surface area contributed by atoms with Gasteiger partial charge in [0.15, 0.2) is 6.10 Å². The smallest absolute Gasteiger partial charge is 0.420 e. The molecular formula is C37H42F6N2O9S. The number of carboxylic acid groups (broad SMARTS) is 1. The van der Waals surface area contributed by atoms with E-state index in [0.717, 1.165) is 28.2 Å². The van der Waals surface area contributed by atoms with Crippen LogP contribution in [0.1, 0.15) is 66.5 Å². The molecule has 0 aliphatic carbocycles. The van der Waals surface area contributed by atoms with Gasteiger partial charge in [0, 0.05) is 49.1 Å². The maximum Gasteiger partial charge on any atom is 0.420 e. The number of carbonyl (C=O) groups is 2. The van der Waals surface area contributed by atoms with Crippen LogP contribution in [-0.2, 0) is 25.5 Å². The van der Waals surface area contributed by atoms with Gasteiger partial charge in [0.05, 0.1) is 25.5 Å². The number of halogens is 6. The second kappa shape index (κ2) is 16.6. The lowest BCUT2D eigenvalue weighted by Gasteiger charge is -2.40. The number of nitrogens with zero attached hydrogens (tertiary/aromatic N) is 2. The Morgan fingerprint density at radius 1 is 0.800 bits per heavy atom. The largest absolute Gasteiger partial charge is 0.496 e. The molecule has 1 unspecified atom stereocenters. The van der Waals surface area contributed by atoms with Crippen molar-refractivity contribution < 1.29 is 67.8 Å². The standard InChI is InChI=1S/C20H20F3NO6S.C17H22F3NO3/c1-12-3-6-15(7-4-12)31(27,28)30-18(20(21,22)23)13-5-8-16(17(9-13)29-2)14-10-24(11-14)19(25)26;1-16(2,3)24-15(22)21-9-12(10-21)13-6-5-11(7-14(13)23-4)8-17(18,19)20/h3-9,14,18H,10-11H2,1-2H3,(H,25,26);5-7,12H,8-10H2,1-4H3. The van der Waals surface area contributed by atoms with Crippen LogP contribution in [-0.4, -0.2) is 93.9 Å². The molecule has 0 aromatic heterocycles.